The standard InChI is InChI=1S/C19H31NO/c1-4-16-8-10-17(11-9-16)19(20-3)12-13-21-18-7-5-6-15(2)14-18/h5-7,14,16-17,19-20H,4,8-13H2,1-3H3. The average molecular weight is 289 g/mol. The number of aryl methyl sites for hydroxylation is 1. The molecule has 1 fully saturated rings. The molecule has 0 bridgehead atoms. The summed E-state index contributed by atoms with van der Waals surface area (Å²) < 4.78 is 5.91. The zero-order valence-electron chi connectivity index (χ0n) is 13.9. The largest absolute Gasteiger partial charge is 0.494 e. The second-order valence-corrected chi connectivity index (χ2v) is 6.54. The van der Waals surface area contributed by atoms with Gasteiger partial charge in [-0.15, -0.1) is 0 Å². The van der Waals surface area contributed by atoms with Gasteiger partial charge in [-0.05, 0) is 62.8 Å². The molecule has 21 heavy (non-hydrogen) atoms. The smallest absolute Gasteiger partial charge is 0.119 e. The third-order valence-electron chi connectivity index (χ3n) is 5.10. The molecular weight excluding hydrogens is 258 g/mol. The van der Waals surface area contributed by atoms with E-state index in [2.05, 4.69) is 44.4 Å². The molecule has 2 heteroatoms. The molecule has 0 heterocycles. The molecule has 1 saturated carbocycles. The molecule has 0 saturated heterocycles. The highest BCUT2D eigenvalue weighted by molar-refractivity contribution is 5.27. The van der Waals surface area contributed by atoms with Gasteiger partial charge in [-0.25, -0.2) is 0 Å². The van der Waals surface area contributed by atoms with Crippen molar-refractivity contribution in [3.8, 4) is 5.75 Å². The van der Waals surface area contributed by atoms with E-state index >= 15 is 0 Å². The van der Waals surface area contributed by atoms with E-state index in [1.165, 1.54) is 37.7 Å². The van der Waals surface area contributed by atoms with Crippen LogP contribution in [0.2, 0.25) is 0 Å². The van der Waals surface area contributed by atoms with Crippen molar-refractivity contribution in [1.29, 1.82) is 0 Å². The van der Waals surface area contributed by atoms with Crippen LogP contribution in [0, 0.1) is 18.8 Å². The van der Waals surface area contributed by atoms with Gasteiger partial charge >= 0.3 is 0 Å². The lowest BCUT2D eigenvalue weighted by molar-refractivity contribution is 0.194. The normalized spacial score (nSPS) is 23.8. The summed E-state index contributed by atoms with van der Waals surface area (Å²) in [6.45, 7) is 5.24. The first-order valence-corrected chi connectivity index (χ1v) is 8.59. The van der Waals surface area contributed by atoms with Gasteiger partial charge in [-0.2, -0.15) is 0 Å². The van der Waals surface area contributed by atoms with Crippen LogP contribution in [0.15, 0.2) is 24.3 Å². The zero-order chi connectivity index (χ0) is 15.1. The average Bonchev–Trinajstić information content (AvgIpc) is 2.52. The summed E-state index contributed by atoms with van der Waals surface area (Å²) in [7, 11) is 2.10. The van der Waals surface area contributed by atoms with E-state index in [9.17, 15) is 0 Å². The monoisotopic (exact) mass is 289 g/mol. The van der Waals surface area contributed by atoms with E-state index < -0.39 is 0 Å². The van der Waals surface area contributed by atoms with Gasteiger partial charge in [-0.3, -0.25) is 0 Å². The van der Waals surface area contributed by atoms with Crippen LogP contribution in [0.5, 0.6) is 5.75 Å². The first-order valence-electron chi connectivity index (χ1n) is 8.59. The third kappa shape index (κ3) is 5.03. The summed E-state index contributed by atoms with van der Waals surface area (Å²) in [5.74, 6) is 2.81. The number of hydrogen-bond donors (Lipinski definition) is 1. The van der Waals surface area contributed by atoms with Crippen LogP contribution in [0.1, 0.15) is 51.0 Å². The maximum absolute atomic E-state index is 5.91. The predicted molar refractivity (Wildman–Crippen MR) is 89.9 cm³/mol. The van der Waals surface area contributed by atoms with Gasteiger partial charge in [0.2, 0.25) is 0 Å². The van der Waals surface area contributed by atoms with Crippen LogP contribution >= 0.6 is 0 Å². The lowest BCUT2D eigenvalue weighted by atomic mass is 9.77. The van der Waals surface area contributed by atoms with E-state index in [0.717, 1.165) is 30.6 Å². The summed E-state index contributed by atoms with van der Waals surface area (Å²) in [6, 6.07) is 8.93. The molecule has 1 atom stereocenters. The van der Waals surface area contributed by atoms with Crippen LogP contribution < -0.4 is 10.1 Å². The number of rotatable bonds is 7. The topological polar surface area (TPSA) is 21.3 Å². The fourth-order valence-corrected chi connectivity index (χ4v) is 3.62. The maximum atomic E-state index is 5.91. The zero-order valence-corrected chi connectivity index (χ0v) is 13.9. The lowest BCUT2D eigenvalue weighted by Gasteiger charge is -2.33. The Hall–Kier alpha value is -1.02. The molecule has 2 rings (SSSR count). The first kappa shape index (κ1) is 16.4. The van der Waals surface area contributed by atoms with Crippen LogP contribution in [-0.4, -0.2) is 19.7 Å². The van der Waals surface area contributed by atoms with E-state index in [-0.39, 0.29) is 0 Å². The molecular formula is C19H31NO. The Labute approximate surface area is 130 Å². The predicted octanol–water partition coefficient (Wildman–Crippen LogP) is 4.57. The molecule has 1 N–H and O–H groups in total. The fraction of sp³-hybridized carbons (Fsp3) is 0.684. The highest BCUT2D eigenvalue weighted by atomic mass is 16.5. The van der Waals surface area contributed by atoms with Gasteiger partial charge < -0.3 is 10.1 Å². The molecule has 2 nitrogen and oxygen atoms in total. The Balaban J connectivity index is 1.75. The van der Waals surface area contributed by atoms with E-state index in [1.54, 1.807) is 0 Å². The van der Waals surface area contributed by atoms with Crippen molar-refractivity contribution < 1.29 is 4.74 Å². The Kier molecular flexibility index (Phi) is 6.56. The minimum Gasteiger partial charge on any atom is -0.494 e. The Bertz CT molecular complexity index is 410. The van der Waals surface area contributed by atoms with E-state index in [4.69, 9.17) is 4.74 Å². The van der Waals surface area contributed by atoms with Crippen LogP contribution in [0.4, 0.5) is 0 Å². The SMILES string of the molecule is CCC1CCC(C(CCOc2cccc(C)c2)NC)CC1. The number of benzene rings is 1. The Morgan fingerprint density at radius 1 is 1.24 bits per heavy atom. The molecule has 118 valence electrons. The van der Waals surface area contributed by atoms with Crippen LogP contribution in [0.3, 0.4) is 0 Å². The third-order valence-corrected chi connectivity index (χ3v) is 5.10. The van der Waals surface area contributed by atoms with Gasteiger partial charge in [0.1, 0.15) is 5.75 Å². The lowest BCUT2D eigenvalue weighted by Crippen LogP contribution is -2.37. The summed E-state index contributed by atoms with van der Waals surface area (Å²) in [5, 5.41) is 3.52. The fourth-order valence-electron chi connectivity index (χ4n) is 3.62. The van der Waals surface area contributed by atoms with Gasteiger partial charge in [-0.1, -0.05) is 38.3 Å². The van der Waals surface area contributed by atoms with Crippen molar-refractivity contribution >= 4 is 0 Å². The first-order chi connectivity index (χ1) is 10.2. The molecule has 1 aliphatic carbocycles. The highest BCUT2D eigenvalue weighted by Gasteiger charge is 2.25. The minimum atomic E-state index is 0.604. The second-order valence-electron chi connectivity index (χ2n) is 6.54. The van der Waals surface area contributed by atoms with Gasteiger partial charge in [0.05, 0.1) is 6.61 Å². The van der Waals surface area contributed by atoms with Crippen molar-refractivity contribution in [3.63, 3.8) is 0 Å². The molecule has 0 amide bonds. The number of nitrogens with one attached hydrogen (secondary N) is 1. The molecule has 1 aliphatic rings. The van der Waals surface area contributed by atoms with E-state index in [0.29, 0.717) is 6.04 Å². The van der Waals surface area contributed by atoms with Crippen molar-refractivity contribution in [3.05, 3.63) is 29.8 Å². The number of hydrogen-bond acceptors (Lipinski definition) is 2. The van der Waals surface area contributed by atoms with E-state index in [1.807, 2.05) is 6.07 Å². The van der Waals surface area contributed by atoms with Crippen LogP contribution in [0.25, 0.3) is 0 Å². The summed E-state index contributed by atoms with van der Waals surface area (Å²) >= 11 is 0. The Morgan fingerprint density at radius 2 is 2.00 bits per heavy atom. The summed E-state index contributed by atoms with van der Waals surface area (Å²) in [5.41, 5.74) is 1.26. The summed E-state index contributed by atoms with van der Waals surface area (Å²) in [4.78, 5) is 0. The van der Waals surface area contributed by atoms with Gasteiger partial charge in [0.25, 0.3) is 0 Å². The molecule has 0 aliphatic heterocycles. The molecule has 0 radical (unpaired) electrons. The van der Waals surface area contributed by atoms with Crippen molar-refractivity contribution in [2.75, 3.05) is 13.7 Å². The second kappa shape index (κ2) is 8.43. The van der Waals surface area contributed by atoms with Crippen LogP contribution in [-0.2, 0) is 0 Å². The molecule has 1 aromatic carbocycles. The number of ether oxygens (including phenoxy) is 1. The maximum Gasteiger partial charge on any atom is 0.119 e. The van der Waals surface area contributed by atoms with Gasteiger partial charge in [0.15, 0.2) is 0 Å². The Morgan fingerprint density at radius 3 is 2.62 bits per heavy atom. The molecule has 0 spiro atoms. The van der Waals surface area contributed by atoms with Gasteiger partial charge in [0, 0.05) is 6.04 Å². The summed E-state index contributed by atoms with van der Waals surface area (Å²) in [6.07, 6.45) is 8.05. The molecule has 0 aromatic heterocycles. The van der Waals surface area contributed by atoms with Crippen molar-refractivity contribution in [2.24, 2.45) is 11.8 Å². The van der Waals surface area contributed by atoms with Crippen molar-refractivity contribution in [2.45, 2.75) is 58.4 Å². The van der Waals surface area contributed by atoms with Crippen molar-refractivity contribution in [1.82, 2.24) is 5.32 Å². The minimum absolute atomic E-state index is 0.604. The highest BCUT2D eigenvalue weighted by Crippen LogP contribution is 2.33. The quantitative estimate of drug-likeness (QED) is 0.794. The molecule has 1 unspecified atom stereocenters. The molecule has 1 aromatic rings.